The van der Waals surface area contributed by atoms with E-state index in [1.807, 2.05) is 6.07 Å². The Kier molecular flexibility index (Phi) is 5.73. The van der Waals surface area contributed by atoms with Crippen molar-refractivity contribution < 1.29 is 14.3 Å². The number of nitriles is 1. The van der Waals surface area contributed by atoms with Crippen LogP contribution in [0.1, 0.15) is 25.0 Å². The second kappa shape index (κ2) is 7.29. The first-order chi connectivity index (χ1) is 9.47. The number of esters is 1. The fourth-order valence-electron chi connectivity index (χ4n) is 1.63. The van der Waals surface area contributed by atoms with Gasteiger partial charge >= 0.3 is 5.97 Å². The van der Waals surface area contributed by atoms with Crippen LogP contribution >= 0.6 is 0 Å². The monoisotopic (exact) mass is 274 g/mol. The zero-order valence-electron chi connectivity index (χ0n) is 11.8. The quantitative estimate of drug-likeness (QED) is 0.823. The van der Waals surface area contributed by atoms with E-state index in [-0.39, 0.29) is 11.8 Å². The minimum absolute atomic E-state index is 0.200. The lowest BCUT2D eigenvalue weighted by Gasteiger charge is -2.18. The highest BCUT2D eigenvalue weighted by atomic mass is 16.5. The van der Waals surface area contributed by atoms with Crippen LogP contribution in [0.25, 0.3) is 0 Å². The molecule has 106 valence electrons. The number of nitrogens with one attached hydrogen (secondary N) is 1. The Morgan fingerprint density at radius 3 is 2.35 bits per heavy atom. The smallest absolute Gasteiger partial charge is 0.328 e. The van der Waals surface area contributed by atoms with Crippen LogP contribution in [0.5, 0.6) is 0 Å². The average molecular weight is 274 g/mol. The molecule has 0 aliphatic carbocycles. The lowest BCUT2D eigenvalue weighted by atomic mass is 10.0. The average Bonchev–Trinajstić information content (AvgIpc) is 2.46. The van der Waals surface area contributed by atoms with E-state index in [0.29, 0.717) is 12.0 Å². The van der Waals surface area contributed by atoms with Gasteiger partial charge in [-0.05, 0) is 17.7 Å². The molecule has 5 nitrogen and oxygen atoms in total. The maximum Gasteiger partial charge on any atom is 0.328 e. The highest BCUT2D eigenvalue weighted by molar-refractivity contribution is 5.85. The Morgan fingerprint density at radius 1 is 1.30 bits per heavy atom. The van der Waals surface area contributed by atoms with Gasteiger partial charge in [-0.15, -0.1) is 0 Å². The number of amides is 1. The molecule has 1 amide bonds. The summed E-state index contributed by atoms with van der Waals surface area (Å²) in [5, 5.41) is 11.4. The molecule has 0 spiro atoms. The van der Waals surface area contributed by atoms with Crippen molar-refractivity contribution >= 4 is 11.9 Å². The van der Waals surface area contributed by atoms with E-state index in [1.165, 1.54) is 7.11 Å². The molecule has 1 aromatic carbocycles. The maximum absolute atomic E-state index is 11.7. The molecule has 0 saturated carbocycles. The van der Waals surface area contributed by atoms with Crippen molar-refractivity contribution in [1.29, 1.82) is 5.26 Å². The number of rotatable bonds is 5. The number of benzene rings is 1. The first-order valence-corrected chi connectivity index (χ1v) is 6.35. The van der Waals surface area contributed by atoms with Crippen LogP contribution in [0.15, 0.2) is 24.3 Å². The van der Waals surface area contributed by atoms with Crippen LogP contribution in [0, 0.1) is 17.2 Å². The minimum atomic E-state index is -0.720. The Labute approximate surface area is 118 Å². The summed E-state index contributed by atoms with van der Waals surface area (Å²) in [6.45, 7) is 3.51. The summed E-state index contributed by atoms with van der Waals surface area (Å²) in [5.41, 5.74) is 1.40. The Morgan fingerprint density at radius 2 is 1.90 bits per heavy atom. The van der Waals surface area contributed by atoms with Gasteiger partial charge in [-0.1, -0.05) is 26.0 Å². The third kappa shape index (κ3) is 4.39. The molecule has 1 aromatic rings. The number of nitrogens with zero attached hydrogens (tertiary/aromatic N) is 1. The lowest BCUT2D eigenvalue weighted by molar-refractivity contribution is -0.145. The van der Waals surface area contributed by atoms with E-state index < -0.39 is 12.0 Å². The van der Waals surface area contributed by atoms with E-state index in [1.54, 1.807) is 38.1 Å². The molecule has 0 aliphatic rings. The summed E-state index contributed by atoms with van der Waals surface area (Å²) < 4.78 is 4.70. The van der Waals surface area contributed by atoms with Gasteiger partial charge in [0.25, 0.3) is 0 Å². The molecule has 0 unspecified atom stereocenters. The molecular weight excluding hydrogens is 256 g/mol. The number of methoxy groups -OCH3 is 1. The van der Waals surface area contributed by atoms with Crippen LogP contribution < -0.4 is 5.32 Å². The third-order valence-electron chi connectivity index (χ3n) is 2.85. The van der Waals surface area contributed by atoms with Crippen molar-refractivity contribution in [3.8, 4) is 6.07 Å². The number of carbonyl (C=O) groups excluding carboxylic acids is 2. The highest BCUT2D eigenvalue weighted by Crippen LogP contribution is 2.08. The van der Waals surface area contributed by atoms with Gasteiger partial charge < -0.3 is 10.1 Å². The van der Waals surface area contributed by atoms with E-state index in [2.05, 4.69) is 5.32 Å². The summed E-state index contributed by atoms with van der Waals surface area (Å²) in [7, 11) is 1.29. The van der Waals surface area contributed by atoms with Gasteiger partial charge in [-0.2, -0.15) is 5.26 Å². The molecule has 1 atom stereocenters. The van der Waals surface area contributed by atoms with E-state index in [4.69, 9.17) is 10.00 Å². The fraction of sp³-hybridized carbons (Fsp3) is 0.400. The van der Waals surface area contributed by atoms with E-state index in [0.717, 1.165) is 5.56 Å². The molecule has 5 heteroatoms. The summed E-state index contributed by atoms with van der Waals surface area (Å²) in [6.07, 6.45) is 0.330. The van der Waals surface area contributed by atoms with Gasteiger partial charge in [0.15, 0.2) is 0 Å². The molecule has 1 N–H and O–H groups in total. The van der Waals surface area contributed by atoms with Crippen LogP contribution in [-0.2, 0) is 20.7 Å². The maximum atomic E-state index is 11.7. The first-order valence-electron chi connectivity index (χ1n) is 6.35. The molecule has 0 aromatic heterocycles. The number of ether oxygens (including phenoxy) is 1. The second-order valence-electron chi connectivity index (χ2n) is 4.75. The standard InChI is InChI=1S/C15H18N2O3/c1-10(2)14(18)17-13(15(19)20-3)8-11-4-6-12(9-16)7-5-11/h4-7,10,13H,8H2,1-3H3,(H,17,18)/t13-/m0/s1. The molecular formula is C15H18N2O3. The fourth-order valence-corrected chi connectivity index (χ4v) is 1.63. The van der Waals surface area contributed by atoms with Crippen molar-refractivity contribution in [3.05, 3.63) is 35.4 Å². The van der Waals surface area contributed by atoms with Crippen molar-refractivity contribution in [2.45, 2.75) is 26.3 Å². The highest BCUT2D eigenvalue weighted by Gasteiger charge is 2.22. The Bertz CT molecular complexity index is 515. The predicted octanol–water partition coefficient (Wildman–Crippen LogP) is 1.41. The molecule has 0 saturated heterocycles. The molecule has 0 heterocycles. The normalized spacial score (nSPS) is 11.6. The molecule has 0 bridgehead atoms. The van der Waals surface area contributed by atoms with Crippen LogP contribution in [0.2, 0.25) is 0 Å². The Hall–Kier alpha value is -2.35. The van der Waals surface area contributed by atoms with Gasteiger partial charge in [0.2, 0.25) is 5.91 Å². The largest absolute Gasteiger partial charge is 0.467 e. The van der Waals surface area contributed by atoms with Crippen LogP contribution in [0.4, 0.5) is 0 Å². The van der Waals surface area contributed by atoms with E-state index in [9.17, 15) is 9.59 Å². The van der Waals surface area contributed by atoms with Gasteiger partial charge in [0.05, 0.1) is 18.7 Å². The summed E-state index contributed by atoms with van der Waals surface area (Å²) in [4.78, 5) is 23.4. The summed E-state index contributed by atoms with van der Waals surface area (Å²) in [6, 6.07) is 8.18. The van der Waals surface area contributed by atoms with Gasteiger partial charge in [-0.3, -0.25) is 4.79 Å². The summed E-state index contributed by atoms with van der Waals surface area (Å²) >= 11 is 0. The van der Waals surface area contributed by atoms with Crippen molar-refractivity contribution in [2.75, 3.05) is 7.11 Å². The van der Waals surface area contributed by atoms with Gasteiger partial charge in [0.1, 0.15) is 6.04 Å². The van der Waals surface area contributed by atoms with Crippen LogP contribution in [0.3, 0.4) is 0 Å². The van der Waals surface area contributed by atoms with Crippen molar-refractivity contribution in [3.63, 3.8) is 0 Å². The predicted molar refractivity (Wildman–Crippen MR) is 73.6 cm³/mol. The molecule has 0 aliphatic heterocycles. The van der Waals surface area contributed by atoms with Crippen molar-refractivity contribution in [1.82, 2.24) is 5.32 Å². The van der Waals surface area contributed by atoms with E-state index >= 15 is 0 Å². The third-order valence-corrected chi connectivity index (χ3v) is 2.85. The first kappa shape index (κ1) is 15.7. The molecule has 1 rings (SSSR count). The topological polar surface area (TPSA) is 79.2 Å². The molecule has 20 heavy (non-hydrogen) atoms. The number of carbonyl (C=O) groups is 2. The second-order valence-corrected chi connectivity index (χ2v) is 4.75. The Balaban J connectivity index is 2.81. The number of hydrogen-bond acceptors (Lipinski definition) is 4. The van der Waals surface area contributed by atoms with Crippen molar-refractivity contribution in [2.24, 2.45) is 5.92 Å². The minimum Gasteiger partial charge on any atom is -0.467 e. The number of hydrogen-bond donors (Lipinski definition) is 1. The zero-order valence-corrected chi connectivity index (χ0v) is 11.8. The SMILES string of the molecule is COC(=O)[C@H](Cc1ccc(C#N)cc1)NC(=O)C(C)C. The zero-order chi connectivity index (χ0) is 15.1. The van der Waals surface area contributed by atoms with Gasteiger partial charge in [-0.25, -0.2) is 4.79 Å². The molecule has 0 fully saturated rings. The lowest BCUT2D eigenvalue weighted by Crippen LogP contribution is -2.44. The molecule has 0 radical (unpaired) electrons. The summed E-state index contributed by atoms with van der Waals surface area (Å²) in [5.74, 6) is -0.888. The van der Waals surface area contributed by atoms with Gasteiger partial charge in [0, 0.05) is 12.3 Å². The van der Waals surface area contributed by atoms with Crippen LogP contribution in [-0.4, -0.2) is 25.0 Å².